The molecular formula is C13H14BrN3S. The van der Waals surface area contributed by atoms with Crippen LogP contribution in [0.2, 0.25) is 0 Å². The van der Waals surface area contributed by atoms with Crippen molar-refractivity contribution in [1.29, 1.82) is 0 Å². The topological polar surface area (TPSA) is 38.7 Å². The minimum absolute atomic E-state index is 0.758. The summed E-state index contributed by atoms with van der Waals surface area (Å²) in [5, 5.41) is 1.70. The smallest absolute Gasteiger partial charge is 0.194 e. The highest BCUT2D eigenvalue weighted by atomic mass is 79.9. The molecule has 0 aliphatic carbocycles. The third-order valence-corrected chi connectivity index (χ3v) is 4.22. The molecule has 0 saturated heterocycles. The van der Waals surface area contributed by atoms with E-state index in [4.69, 9.17) is 0 Å². The van der Waals surface area contributed by atoms with Crippen LogP contribution in [0.1, 0.15) is 22.5 Å². The molecule has 0 aliphatic rings. The molecule has 2 aromatic heterocycles. The molecule has 0 spiro atoms. The van der Waals surface area contributed by atoms with Crippen molar-refractivity contribution in [3.05, 3.63) is 39.3 Å². The van der Waals surface area contributed by atoms with Gasteiger partial charge in [-0.05, 0) is 72.6 Å². The lowest BCUT2D eigenvalue weighted by Crippen LogP contribution is -1.98. The minimum Gasteiger partial charge on any atom is -0.248 e. The van der Waals surface area contributed by atoms with Crippen molar-refractivity contribution in [3.8, 4) is 0 Å². The normalized spacial score (nSPS) is 10.7. The first-order chi connectivity index (χ1) is 8.47. The summed E-state index contributed by atoms with van der Waals surface area (Å²) in [7, 11) is 0. The molecule has 0 aromatic carbocycles. The molecule has 0 bridgehead atoms. The van der Waals surface area contributed by atoms with E-state index >= 15 is 0 Å². The van der Waals surface area contributed by atoms with Gasteiger partial charge in [0.25, 0.3) is 0 Å². The van der Waals surface area contributed by atoms with Gasteiger partial charge < -0.3 is 0 Å². The third-order valence-electron chi connectivity index (χ3n) is 2.80. The van der Waals surface area contributed by atoms with Gasteiger partial charge in [-0.15, -0.1) is 0 Å². The first-order valence-corrected chi connectivity index (χ1v) is 7.20. The van der Waals surface area contributed by atoms with Crippen LogP contribution in [-0.2, 0) is 0 Å². The molecule has 3 nitrogen and oxygen atoms in total. The first kappa shape index (κ1) is 13.5. The van der Waals surface area contributed by atoms with Gasteiger partial charge in [0.2, 0.25) is 0 Å². The van der Waals surface area contributed by atoms with E-state index in [0.29, 0.717) is 0 Å². The number of aromatic nitrogens is 3. The molecule has 2 heterocycles. The lowest BCUT2D eigenvalue weighted by Gasteiger charge is -2.07. The van der Waals surface area contributed by atoms with Gasteiger partial charge in [-0.3, -0.25) is 0 Å². The van der Waals surface area contributed by atoms with Crippen molar-refractivity contribution in [2.24, 2.45) is 0 Å². The highest BCUT2D eigenvalue weighted by molar-refractivity contribution is 9.10. The predicted octanol–water partition coefficient (Wildman–Crippen LogP) is 4.02. The summed E-state index contributed by atoms with van der Waals surface area (Å²) in [5.41, 5.74) is 4.33. The molecule has 5 heteroatoms. The fourth-order valence-corrected chi connectivity index (χ4v) is 2.82. The van der Waals surface area contributed by atoms with E-state index in [9.17, 15) is 0 Å². The summed E-state index contributed by atoms with van der Waals surface area (Å²) in [5.74, 6) is 0. The van der Waals surface area contributed by atoms with Gasteiger partial charge >= 0.3 is 0 Å². The van der Waals surface area contributed by atoms with Crippen LogP contribution < -0.4 is 0 Å². The van der Waals surface area contributed by atoms with Crippen LogP contribution in [0.5, 0.6) is 0 Å². The quantitative estimate of drug-likeness (QED) is 0.782. The fraction of sp³-hybridized carbons (Fsp3) is 0.308. The van der Waals surface area contributed by atoms with E-state index in [1.807, 2.05) is 33.8 Å². The van der Waals surface area contributed by atoms with E-state index in [2.05, 4.69) is 30.9 Å². The Morgan fingerprint density at radius 1 is 1.06 bits per heavy atom. The maximum Gasteiger partial charge on any atom is 0.194 e. The van der Waals surface area contributed by atoms with Crippen LogP contribution in [0.4, 0.5) is 0 Å². The van der Waals surface area contributed by atoms with Crippen LogP contribution in [0.3, 0.4) is 0 Å². The molecule has 0 unspecified atom stereocenters. The number of aryl methyl sites for hydroxylation is 3. The van der Waals surface area contributed by atoms with Crippen molar-refractivity contribution in [2.75, 3.05) is 0 Å². The Morgan fingerprint density at radius 3 is 2.22 bits per heavy atom. The Hall–Kier alpha value is -0.940. The number of halogens is 1. The average Bonchev–Trinajstić information content (AvgIpc) is 2.29. The number of hydrogen-bond donors (Lipinski definition) is 0. The van der Waals surface area contributed by atoms with Crippen LogP contribution in [0.25, 0.3) is 0 Å². The van der Waals surface area contributed by atoms with Crippen molar-refractivity contribution < 1.29 is 0 Å². The van der Waals surface area contributed by atoms with Crippen LogP contribution in [0, 0.1) is 27.7 Å². The SMILES string of the molecule is Cc1cc(Br)cnc1Sc1nc(C)c(C)c(C)n1. The standard InChI is InChI=1S/C13H14BrN3S/c1-7-5-11(14)6-15-12(7)18-13-16-9(3)8(2)10(4)17-13/h5-6H,1-4H3. The summed E-state index contributed by atoms with van der Waals surface area (Å²) >= 11 is 4.92. The zero-order valence-electron chi connectivity index (χ0n) is 10.8. The Morgan fingerprint density at radius 2 is 1.67 bits per heavy atom. The minimum atomic E-state index is 0.758. The molecule has 0 saturated carbocycles. The molecule has 0 aliphatic heterocycles. The monoisotopic (exact) mass is 323 g/mol. The Kier molecular flexibility index (Phi) is 4.02. The first-order valence-electron chi connectivity index (χ1n) is 5.59. The molecular weight excluding hydrogens is 310 g/mol. The number of pyridine rings is 1. The third kappa shape index (κ3) is 2.90. The zero-order chi connectivity index (χ0) is 13.3. The van der Waals surface area contributed by atoms with E-state index in [1.165, 1.54) is 11.8 Å². The second-order valence-corrected chi connectivity index (χ2v) is 6.05. The fourth-order valence-electron chi connectivity index (χ4n) is 1.51. The van der Waals surface area contributed by atoms with Crippen molar-refractivity contribution in [2.45, 2.75) is 37.9 Å². The van der Waals surface area contributed by atoms with Crippen molar-refractivity contribution >= 4 is 27.7 Å². The summed E-state index contributed by atoms with van der Waals surface area (Å²) in [6, 6.07) is 2.04. The molecule has 0 fully saturated rings. The van der Waals surface area contributed by atoms with Crippen LogP contribution in [-0.4, -0.2) is 15.0 Å². The largest absolute Gasteiger partial charge is 0.248 e. The van der Waals surface area contributed by atoms with Gasteiger partial charge in [0.1, 0.15) is 5.03 Å². The van der Waals surface area contributed by atoms with Crippen LogP contribution >= 0.6 is 27.7 Å². The van der Waals surface area contributed by atoms with Crippen molar-refractivity contribution in [3.63, 3.8) is 0 Å². The summed E-state index contributed by atoms with van der Waals surface area (Å²) in [6.07, 6.45) is 1.79. The number of rotatable bonds is 2. The molecule has 2 aromatic rings. The van der Waals surface area contributed by atoms with Gasteiger partial charge in [-0.1, -0.05) is 0 Å². The van der Waals surface area contributed by atoms with E-state index in [0.717, 1.165) is 37.2 Å². The number of nitrogens with zero attached hydrogens (tertiary/aromatic N) is 3. The summed E-state index contributed by atoms with van der Waals surface area (Å²) < 4.78 is 0.988. The summed E-state index contributed by atoms with van der Waals surface area (Å²) in [4.78, 5) is 13.4. The lowest BCUT2D eigenvalue weighted by molar-refractivity contribution is 0.877. The highest BCUT2D eigenvalue weighted by Crippen LogP contribution is 2.28. The molecule has 0 atom stereocenters. The Bertz CT molecular complexity index is 576. The molecule has 94 valence electrons. The maximum absolute atomic E-state index is 4.49. The van der Waals surface area contributed by atoms with Gasteiger partial charge in [0.15, 0.2) is 5.16 Å². The van der Waals surface area contributed by atoms with E-state index < -0.39 is 0 Å². The summed E-state index contributed by atoms with van der Waals surface area (Å²) in [6.45, 7) is 8.10. The Balaban J connectivity index is 2.34. The zero-order valence-corrected chi connectivity index (χ0v) is 13.2. The van der Waals surface area contributed by atoms with Gasteiger partial charge in [-0.25, -0.2) is 15.0 Å². The molecule has 2 rings (SSSR count). The molecule has 0 amide bonds. The Labute approximate surface area is 120 Å². The van der Waals surface area contributed by atoms with Crippen molar-refractivity contribution in [1.82, 2.24) is 15.0 Å². The second-order valence-electron chi connectivity index (χ2n) is 4.18. The molecule has 0 N–H and O–H groups in total. The second kappa shape index (κ2) is 5.36. The van der Waals surface area contributed by atoms with E-state index in [1.54, 1.807) is 6.20 Å². The lowest BCUT2D eigenvalue weighted by atomic mass is 10.2. The van der Waals surface area contributed by atoms with Crippen LogP contribution in [0.15, 0.2) is 26.9 Å². The molecule has 18 heavy (non-hydrogen) atoms. The maximum atomic E-state index is 4.49. The average molecular weight is 324 g/mol. The highest BCUT2D eigenvalue weighted by Gasteiger charge is 2.09. The van der Waals surface area contributed by atoms with Gasteiger partial charge in [0, 0.05) is 22.1 Å². The predicted molar refractivity (Wildman–Crippen MR) is 77.0 cm³/mol. The van der Waals surface area contributed by atoms with Gasteiger partial charge in [0.05, 0.1) is 0 Å². The molecule has 0 radical (unpaired) electrons. The van der Waals surface area contributed by atoms with Gasteiger partial charge in [-0.2, -0.15) is 0 Å². The number of hydrogen-bond acceptors (Lipinski definition) is 4. The van der Waals surface area contributed by atoms with E-state index in [-0.39, 0.29) is 0 Å².